The lowest BCUT2D eigenvalue weighted by molar-refractivity contribution is -0.304. The average molecular weight is 246 g/mol. The van der Waals surface area contributed by atoms with Gasteiger partial charge in [-0.05, 0) is 6.42 Å². The molecule has 0 heterocycles. The number of unbranched alkanes of at least 4 members (excludes halogenated alkanes) is 6. The summed E-state index contributed by atoms with van der Waals surface area (Å²) in [5.41, 5.74) is 0. The Labute approximate surface area is 104 Å². The van der Waals surface area contributed by atoms with Gasteiger partial charge >= 0.3 is 0 Å². The van der Waals surface area contributed by atoms with Crippen LogP contribution in [0.4, 0.5) is 0 Å². The maximum Gasteiger partial charge on any atom is 0.220 e. The Balaban J connectivity index is 0. The van der Waals surface area contributed by atoms with E-state index in [1.807, 2.05) is 0 Å². The van der Waals surface area contributed by atoms with E-state index in [0.29, 0.717) is 6.42 Å². The molecule has 5 heteroatoms. The number of hydrogen-bond acceptors (Lipinski definition) is 3. The first-order valence-electron chi connectivity index (χ1n) is 6.13. The van der Waals surface area contributed by atoms with E-state index in [2.05, 4.69) is 12.2 Å². The van der Waals surface area contributed by atoms with Crippen LogP contribution in [0.3, 0.4) is 0 Å². The number of carbonyl (C=O) groups excluding carboxylic acids is 2. The van der Waals surface area contributed by atoms with Crippen molar-refractivity contribution in [1.82, 2.24) is 11.5 Å². The van der Waals surface area contributed by atoms with Crippen LogP contribution in [0.5, 0.6) is 0 Å². The van der Waals surface area contributed by atoms with Crippen LogP contribution in [0, 0.1) is 0 Å². The van der Waals surface area contributed by atoms with E-state index < -0.39 is 5.97 Å². The van der Waals surface area contributed by atoms with Crippen LogP contribution >= 0.6 is 0 Å². The van der Waals surface area contributed by atoms with Crippen LogP contribution in [0.25, 0.3) is 0 Å². The van der Waals surface area contributed by atoms with Crippen molar-refractivity contribution in [3.63, 3.8) is 0 Å². The molecule has 0 saturated heterocycles. The smallest absolute Gasteiger partial charge is 0.220 e. The van der Waals surface area contributed by atoms with Crippen LogP contribution in [-0.2, 0) is 9.59 Å². The van der Waals surface area contributed by atoms with Crippen LogP contribution in [-0.4, -0.2) is 18.4 Å². The molecular formula is C12H26N2O3. The monoisotopic (exact) mass is 246 g/mol. The number of rotatable bonds is 10. The second-order valence-corrected chi connectivity index (χ2v) is 4.02. The van der Waals surface area contributed by atoms with Gasteiger partial charge < -0.3 is 21.4 Å². The highest BCUT2D eigenvalue weighted by Gasteiger charge is 1.99. The normalized spacial score (nSPS) is 9.47. The molecule has 0 rings (SSSR count). The van der Waals surface area contributed by atoms with Crippen molar-refractivity contribution in [3.8, 4) is 0 Å². The molecule has 0 aliphatic heterocycles. The molecule has 0 unspecified atom stereocenters. The van der Waals surface area contributed by atoms with Gasteiger partial charge in [0.1, 0.15) is 0 Å². The first-order valence-corrected chi connectivity index (χ1v) is 6.13. The lowest BCUT2D eigenvalue weighted by atomic mass is 10.1. The number of carboxylic acid groups (broad SMARTS) is 1. The van der Waals surface area contributed by atoms with E-state index in [9.17, 15) is 14.7 Å². The molecule has 0 bridgehead atoms. The third-order valence-electron chi connectivity index (χ3n) is 2.44. The Morgan fingerprint density at radius 1 is 1.00 bits per heavy atom. The van der Waals surface area contributed by atoms with Crippen LogP contribution in [0.15, 0.2) is 0 Å². The first-order chi connectivity index (χ1) is 7.66. The van der Waals surface area contributed by atoms with Gasteiger partial charge in [0.05, 0.1) is 12.5 Å². The van der Waals surface area contributed by atoms with Crippen molar-refractivity contribution < 1.29 is 14.7 Å². The quantitative estimate of drug-likeness (QED) is 0.568. The first kappa shape index (κ1) is 18.3. The number of quaternary nitrogens is 1. The van der Waals surface area contributed by atoms with Crippen LogP contribution in [0.2, 0.25) is 0 Å². The second kappa shape index (κ2) is 13.0. The summed E-state index contributed by atoms with van der Waals surface area (Å²) >= 11 is 0. The molecule has 102 valence electrons. The minimum absolute atomic E-state index is 0. The van der Waals surface area contributed by atoms with Crippen molar-refractivity contribution in [1.29, 1.82) is 0 Å². The molecule has 0 spiro atoms. The average Bonchev–Trinajstić information content (AvgIpc) is 2.25. The van der Waals surface area contributed by atoms with Gasteiger partial charge in [-0.25, -0.2) is 0 Å². The molecule has 5 nitrogen and oxygen atoms in total. The van der Waals surface area contributed by atoms with Gasteiger partial charge in [-0.15, -0.1) is 0 Å². The molecule has 5 N–H and O–H groups in total. The summed E-state index contributed by atoms with van der Waals surface area (Å²) in [6.45, 7) is 1.80. The molecule has 0 atom stereocenters. The molecular weight excluding hydrogens is 220 g/mol. The summed E-state index contributed by atoms with van der Waals surface area (Å²) in [6.07, 6.45) is 8.49. The zero-order valence-electron chi connectivity index (χ0n) is 11.1. The van der Waals surface area contributed by atoms with Crippen molar-refractivity contribution in [2.75, 3.05) is 6.54 Å². The SMILES string of the molecule is CCCCCCCCCC(=O)NCC(=O)[O-].[NH4+]. The molecule has 0 saturated carbocycles. The molecule has 0 aromatic carbocycles. The van der Waals surface area contributed by atoms with E-state index in [1.165, 1.54) is 25.7 Å². The van der Waals surface area contributed by atoms with Crippen LogP contribution in [0.1, 0.15) is 58.3 Å². The highest BCUT2D eigenvalue weighted by molar-refractivity contribution is 5.80. The van der Waals surface area contributed by atoms with Gasteiger partial charge in [-0.1, -0.05) is 45.4 Å². The summed E-state index contributed by atoms with van der Waals surface area (Å²) in [5, 5.41) is 12.3. The third-order valence-corrected chi connectivity index (χ3v) is 2.44. The van der Waals surface area contributed by atoms with E-state index >= 15 is 0 Å². The van der Waals surface area contributed by atoms with E-state index in [-0.39, 0.29) is 18.6 Å². The van der Waals surface area contributed by atoms with E-state index in [4.69, 9.17) is 0 Å². The van der Waals surface area contributed by atoms with Gasteiger partial charge in [-0.2, -0.15) is 0 Å². The maximum absolute atomic E-state index is 11.1. The van der Waals surface area contributed by atoms with Gasteiger partial charge in [0.15, 0.2) is 0 Å². The second-order valence-electron chi connectivity index (χ2n) is 4.02. The number of aliphatic carboxylic acids is 1. The minimum Gasteiger partial charge on any atom is -0.548 e. The predicted octanol–water partition coefficient (Wildman–Crippen LogP) is 1.37. The van der Waals surface area contributed by atoms with Gasteiger partial charge in [-0.3, -0.25) is 4.79 Å². The van der Waals surface area contributed by atoms with Crippen molar-refractivity contribution in [2.24, 2.45) is 0 Å². The summed E-state index contributed by atoms with van der Waals surface area (Å²) in [7, 11) is 0. The predicted molar refractivity (Wildman–Crippen MR) is 66.6 cm³/mol. The van der Waals surface area contributed by atoms with Crippen molar-refractivity contribution in [2.45, 2.75) is 58.3 Å². The van der Waals surface area contributed by atoms with E-state index in [0.717, 1.165) is 19.3 Å². The number of carbonyl (C=O) groups is 2. The topological polar surface area (TPSA) is 106 Å². The van der Waals surface area contributed by atoms with Crippen LogP contribution < -0.4 is 16.6 Å². The fourth-order valence-electron chi connectivity index (χ4n) is 1.50. The lowest BCUT2D eigenvalue weighted by Gasteiger charge is -2.05. The molecule has 0 aliphatic rings. The number of hydrogen-bond donors (Lipinski definition) is 2. The Kier molecular flexibility index (Phi) is 13.9. The van der Waals surface area contributed by atoms with Gasteiger partial charge in [0.2, 0.25) is 5.91 Å². The molecule has 0 aromatic rings. The largest absolute Gasteiger partial charge is 0.548 e. The summed E-state index contributed by atoms with van der Waals surface area (Å²) in [4.78, 5) is 21.1. The zero-order chi connectivity index (χ0) is 12.2. The summed E-state index contributed by atoms with van der Waals surface area (Å²) in [5.74, 6) is -1.44. The Morgan fingerprint density at radius 2 is 1.53 bits per heavy atom. The molecule has 0 aromatic heterocycles. The zero-order valence-corrected chi connectivity index (χ0v) is 11.1. The minimum atomic E-state index is -1.24. The Morgan fingerprint density at radius 3 is 2.06 bits per heavy atom. The number of nitrogens with one attached hydrogen (secondary N) is 1. The third kappa shape index (κ3) is 14.9. The number of amides is 1. The fourth-order valence-corrected chi connectivity index (χ4v) is 1.50. The highest BCUT2D eigenvalue weighted by atomic mass is 16.4. The number of carboxylic acids is 1. The maximum atomic E-state index is 11.1. The standard InChI is InChI=1S/C12H23NO3.H3N/c1-2-3-4-5-6-7-8-9-11(14)13-10-12(15)16;/h2-10H2,1H3,(H,13,14)(H,15,16);1H3. The molecule has 0 aliphatic carbocycles. The highest BCUT2D eigenvalue weighted by Crippen LogP contribution is 2.07. The Hall–Kier alpha value is -1.10. The van der Waals surface area contributed by atoms with Crippen molar-refractivity contribution in [3.05, 3.63) is 0 Å². The van der Waals surface area contributed by atoms with E-state index in [1.54, 1.807) is 0 Å². The van der Waals surface area contributed by atoms with Gasteiger partial charge in [0, 0.05) is 6.42 Å². The molecule has 0 fully saturated rings. The lowest BCUT2D eigenvalue weighted by Crippen LogP contribution is -2.37. The fraction of sp³-hybridized carbons (Fsp3) is 0.833. The molecule has 0 radical (unpaired) electrons. The van der Waals surface area contributed by atoms with Gasteiger partial charge in [0.25, 0.3) is 0 Å². The molecule has 17 heavy (non-hydrogen) atoms. The van der Waals surface area contributed by atoms with Crippen molar-refractivity contribution >= 4 is 11.9 Å². The summed E-state index contributed by atoms with van der Waals surface area (Å²) in [6, 6.07) is 0. The molecule has 1 amide bonds. The summed E-state index contributed by atoms with van der Waals surface area (Å²) < 4.78 is 0. The Bertz CT molecular complexity index is 208.